The van der Waals surface area contributed by atoms with Crippen LogP contribution in [-0.2, 0) is 0 Å². The summed E-state index contributed by atoms with van der Waals surface area (Å²) in [6.07, 6.45) is 14.0. The summed E-state index contributed by atoms with van der Waals surface area (Å²) in [6.45, 7) is 2.59. The average Bonchev–Trinajstić information content (AvgIpc) is 2.79. The van der Waals surface area contributed by atoms with E-state index in [1.807, 2.05) is 0 Å². The van der Waals surface area contributed by atoms with Crippen molar-refractivity contribution in [1.82, 2.24) is 0 Å². The van der Waals surface area contributed by atoms with Gasteiger partial charge >= 0.3 is 0 Å². The minimum Gasteiger partial charge on any atom is -0.393 e. The molecule has 0 aliphatic heterocycles. The Bertz CT molecular complexity index is 352. The highest BCUT2D eigenvalue weighted by molar-refractivity contribution is 5.03. The highest BCUT2D eigenvalue weighted by Crippen LogP contribution is 2.62. The van der Waals surface area contributed by atoms with Crippen LogP contribution < -0.4 is 0 Å². The summed E-state index contributed by atoms with van der Waals surface area (Å²) in [5, 5.41) is 9.94. The highest BCUT2D eigenvalue weighted by atomic mass is 16.3. The van der Waals surface area contributed by atoms with Crippen molar-refractivity contribution < 1.29 is 5.11 Å². The Labute approximate surface area is 118 Å². The zero-order chi connectivity index (χ0) is 13.0. The largest absolute Gasteiger partial charge is 0.393 e. The number of fused-ring (bicyclic) bond motifs is 5. The first-order valence-electron chi connectivity index (χ1n) is 8.85. The number of aliphatic hydroxyl groups is 1. The second-order valence-corrected chi connectivity index (χ2v) is 8.49. The van der Waals surface area contributed by atoms with Crippen LogP contribution in [0.1, 0.15) is 71.1 Å². The van der Waals surface area contributed by atoms with Crippen LogP contribution in [0.4, 0.5) is 0 Å². The Balaban J connectivity index is 1.56. The van der Waals surface area contributed by atoms with E-state index in [-0.39, 0.29) is 6.10 Å². The van der Waals surface area contributed by atoms with Gasteiger partial charge in [-0.25, -0.2) is 0 Å². The molecule has 1 N–H and O–H groups in total. The quantitative estimate of drug-likeness (QED) is 0.686. The predicted molar refractivity (Wildman–Crippen MR) is 77.7 cm³/mol. The minimum absolute atomic E-state index is 0.0261. The topological polar surface area (TPSA) is 20.2 Å². The molecule has 4 rings (SSSR count). The van der Waals surface area contributed by atoms with Crippen LogP contribution in [0, 0.1) is 35.0 Å². The smallest absolute Gasteiger partial charge is 0.0543 e. The SMILES string of the molecule is CC12CCCC1C1CCC3C[C@@H](O)CC[C@H]3C1CC2. The number of hydrogen-bond donors (Lipinski definition) is 1. The summed E-state index contributed by atoms with van der Waals surface area (Å²) in [5.41, 5.74) is 0.711. The normalized spacial score (nSPS) is 57.2. The van der Waals surface area contributed by atoms with Gasteiger partial charge in [0.2, 0.25) is 0 Å². The zero-order valence-electron chi connectivity index (χ0n) is 12.5. The highest BCUT2D eigenvalue weighted by Gasteiger charge is 2.53. The van der Waals surface area contributed by atoms with E-state index < -0.39 is 0 Å². The third-order valence-electron chi connectivity index (χ3n) is 7.71. The Morgan fingerprint density at radius 3 is 2.58 bits per heavy atom. The Morgan fingerprint density at radius 1 is 0.842 bits per heavy atom. The Hall–Kier alpha value is -0.0400. The molecule has 5 unspecified atom stereocenters. The van der Waals surface area contributed by atoms with Crippen molar-refractivity contribution in [3.8, 4) is 0 Å². The van der Waals surface area contributed by atoms with E-state index in [4.69, 9.17) is 0 Å². The van der Waals surface area contributed by atoms with Gasteiger partial charge < -0.3 is 5.11 Å². The molecule has 1 heteroatoms. The molecule has 4 saturated carbocycles. The maximum absolute atomic E-state index is 9.94. The first-order valence-corrected chi connectivity index (χ1v) is 8.85. The molecule has 0 radical (unpaired) electrons. The minimum atomic E-state index is 0.0261. The molecule has 0 spiro atoms. The molecule has 0 aromatic carbocycles. The zero-order valence-corrected chi connectivity index (χ0v) is 12.5. The molecule has 4 fully saturated rings. The van der Waals surface area contributed by atoms with Crippen molar-refractivity contribution in [2.45, 2.75) is 77.2 Å². The first-order chi connectivity index (χ1) is 9.17. The van der Waals surface area contributed by atoms with Crippen LogP contribution in [0.3, 0.4) is 0 Å². The number of aliphatic hydroxyl groups excluding tert-OH is 1. The lowest BCUT2D eigenvalue weighted by Crippen LogP contribution is -2.47. The van der Waals surface area contributed by atoms with E-state index in [0.29, 0.717) is 5.41 Å². The summed E-state index contributed by atoms with van der Waals surface area (Å²) < 4.78 is 0. The summed E-state index contributed by atoms with van der Waals surface area (Å²) in [4.78, 5) is 0. The standard InChI is InChI=1S/C18H30O/c1-18-9-2-3-17(18)16-6-4-12-11-13(19)5-7-14(12)15(16)8-10-18/h12-17,19H,2-11H2,1H3/t12?,13-,14+,15?,16?,17?,18?/m0/s1. The molecule has 4 aliphatic carbocycles. The van der Waals surface area contributed by atoms with Crippen molar-refractivity contribution in [3.05, 3.63) is 0 Å². The second kappa shape index (κ2) is 4.48. The maximum Gasteiger partial charge on any atom is 0.0543 e. The van der Waals surface area contributed by atoms with Crippen molar-refractivity contribution in [2.24, 2.45) is 35.0 Å². The van der Waals surface area contributed by atoms with Crippen molar-refractivity contribution in [1.29, 1.82) is 0 Å². The molecular weight excluding hydrogens is 232 g/mol. The van der Waals surface area contributed by atoms with Crippen LogP contribution in [0.25, 0.3) is 0 Å². The summed E-state index contributed by atoms with van der Waals surface area (Å²) in [6, 6.07) is 0. The molecule has 19 heavy (non-hydrogen) atoms. The molecule has 4 aliphatic rings. The molecular formula is C18H30O. The average molecular weight is 262 g/mol. The van der Waals surface area contributed by atoms with E-state index in [9.17, 15) is 5.11 Å². The van der Waals surface area contributed by atoms with Gasteiger partial charge in [0.15, 0.2) is 0 Å². The molecule has 0 saturated heterocycles. The van der Waals surface area contributed by atoms with E-state index in [2.05, 4.69) is 6.92 Å². The molecule has 0 bridgehead atoms. The lowest BCUT2D eigenvalue weighted by Gasteiger charge is -2.55. The molecule has 108 valence electrons. The van der Waals surface area contributed by atoms with E-state index in [1.54, 1.807) is 0 Å². The third kappa shape index (κ3) is 1.91. The maximum atomic E-state index is 9.94. The first kappa shape index (κ1) is 12.7. The van der Waals surface area contributed by atoms with Gasteiger partial charge in [-0.2, -0.15) is 0 Å². The van der Waals surface area contributed by atoms with Crippen LogP contribution in [0.5, 0.6) is 0 Å². The predicted octanol–water partition coefficient (Wildman–Crippen LogP) is 4.39. The van der Waals surface area contributed by atoms with Gasteiger partial charge in [0.25, 0.3) is 0 Å². The third-order valence-corrected chi connectivity index (χ3v) is 7.71. The van der Waals surface area contributed by atoms with Crippen LogP contribution in [-0.4, -0.2) is 11.2 Å². The summed E-state index contributed by atoms with van der Waals surface area (Å²) in [5.74, 6) is 4.99. The fourth-order valence-electron chi connectivity index (χ4n) is 6.82. The Kier molecular flexibility index (Phi) is 2.99. The van der Waals surface area contributed by atoms with Gasteiger partial charge in [-0.1, -0.05) is 13.3 Å². The van der Waals surface area contributed by atoms with Crippen LogP contribution in [0.15, 0.2) is 0 Å². The van der Waals surface area contributed by atoms with Crippen LogP contribution >= 0.6 is 0 Å². The van der Waals surface area contributed by atoms with Gasteiger partial charge in [-0.3, -0.25) is 0 Å². The summed E-state index contributed by atoms with van der Waals surface area (Å²) in [7, 11) is 0. The molecule has 1 nitrogen and oxygen atoms in total. The lowest BCUT2D eigenvalue weighted by molar-refractivity contribution is -0.0675. The van der Waals surface area contributed by atoms with Gasteiger partial charge in [-0.15, -0.1) is 0 Å². The summed E-state index contributed by atoms with van der Waals surface area (Å²) >= 11 is 0. The number of rotatable bonds is 0. The molecule has 0 aromatic rings. The van der Waals surface area contributed by atoms with Crippen LogP contribution in [0.2, 0.25) is 0 Å². The fourth-order valence-corrected chi connectivity index (χ4v) is 6.82. The van der Waals surface area contributed by atoms with Crippen molar-refractivity contribution in [3.63, 3.8) is 0 Å². The van der Waals surface area contributed by atoms with Gasteiger partial charge in [0, 0.05) is 0 Å². The fraction of sp³-hybridized carbons (Fsp3) is 1.00. The van der Waals surface area contributed by atoms with Gasteiger partial charge in [0.05, 0.1) is 6.10 Å². The van der Waals surface area contributed by atoms with Gasteiger partial charge in [0.1, 0.15) is 0 Å². The van der Waals surface area contributed by atoms with Crippen molar-refractivity contribution >= 4 is 0 Å². The molecule has 0 heterocycles. The van der Waals surface area contributed by atoms with E-state index in [1.165, 1.54) is 51.4 Å². The molecule has 0 amide bonds. The van der Waals surface area contributed by atoms with Gasteiger partial charge in [-0.05, 0) is 92.8 Å². The molecule has 7 atom stereocenters. The lowest BCUT2D eigenvalue weighted by atomic mass is 9.50. The van der Waals surface area contributed by atoms with E-state index >= 15 is 0 Å². The molecule has 0 aromatic heterocycles. The Morgan fingerprint density at radius 2 is 1.68 bits per heavy atom. The number of hydrogen-bond acceptors (Lipinski definition) is 1. The monoisotopic (exact) mass is 262 g/mol. The van der Waals surface area contributed by atoms with E-state index in [0.717, 1.165) is 42.4 Å². The van der Waals surface area contributed by atoms with Crippen molar-refractivity contribution in [2.75, 3.05) is 0 Å². The second-order valence-electron chi connectivity index (χ2n) is 8.49.